The first kappa shape index (κ1) is 55.6. The van der Waals surface area contributed by atoms with Gasteiger partial charge in [-0.1, -0.05) is 225 Å². The normalized spacial score (nSPS) is 12.7. The Kier molecular flexibility index (Phi) is 46.1. The fourth-order valence-corrected chi connectivity index (χ4v) is 7.87. The average Bonchev–Trinajstić information content (AvgIpc) is 3.21. The molecule has 1 amide bonds. The van der Waals surface area contributed by atoms with E-state index in [1.54, 1.807) is 0 Å². The smallest absolute Gasteiger partial charge is 0.305 e. The fourth-order valence-electron chi connectivity index (χ4n) is 7.87. The molecular weight excluding hydrogens is 707 g/mol. The van der Waals surface area contributed by atoms with Gasteiger partial charge in [0.25, 0.3) is 0 Å². The molecule has 0 fully saturated rings. The molecule has 6 nitrogen and oxygen atoms in total. The SMILES string of the molecule is CCCCCCCCCCCCCCCCC(=O)OCCCCCC/C=C\CCCCCCCCCC(=O)NC(CO)C(O)CCCCCCCCCCCCC. The Labute approximate surface area is 355 Å². The highest BCUT2D eigenvalue weighted by Crippen LogP contribution is 2.16. The maximum Gasteiger partial charge on any atom is 0.305 e. The first-order valence-corrected chi connectivity index (χ1v) is 25.4. The van der Waals surface area contributed by atoms with Crippen LogP contribution in [-0.4, -0.2) is 47.4 Å². The summed E-state index contributed by atoms with van der Waals surface area (Å²) in [5.74, 6) is -0.0588. The number of hydrogen-bond donors (Lipinski definition) is 3. The third-order valence-electron chi connectivity index (χ3n) is 11.8. The molecule has 2 atom stereocenters. The van der Waals surface area contributed by atoms with E-state index >= 15 is 0 Å². The van der Waals surface area contributed by atoms with Gasteiger partial charge in [-0.15, -0.1) is 0 Å². The van der Waals surface area contributed by atoms with E-state index in [0.29, 0.717) is 25.9 Å². The van der Waals surface area contributed by atoms with Gasteiger partial charge in [-0.25, -0.2) is 0 Å². The lowest BCUT2D eigenvalue weighted by Gasteiger charge is -2.22. The van der Waals surface area contributed by atoms with Crippen molar-refractivity contribution in [2.24, 2.45) is 0 Å². The first-order valence-electron chi connectivity index (χ1n) is 25.4. The molecule has 0 saturated carbocycles. The van der Waals surface area contributed by atoms with Crippen LogP contribution in [0, 0.1) is 0 Å². The van der Waals surface area contributed by atoms with Gasteiger partial charge in [0.1, 0.15) is 0 Å². The Balaban J connectivity index is 3.45. The summed E-state index contributed by atoms with van der Waals surface area (Å²) in [6.07, 6.45) is 53.2. The fraction of sp³-hybridized carbons (Fsp3) is 0.922. The van der Waals surface area contributed by atoms with Crippen LogP contribution in [0.1, 0.15) is 277 Å². The number of amides is 1. The maximum absolute atomic E-state index is 12.4. The third-order valence-corrected chi connectivity index (χ3v) is 11.8. The molecule has 57 heavy (non-hydrogen) atoms. The van der Waals surface area contributed by atoms with Crippen LogP contribution >= 0.6 is 0 Å². The summed E-state index contributed by atoms with van der Waals surface area (Å²) in [7, 11) is 0. The second-order valence-corrected chi connectivity index (χ2v) is 17.5. The molecule has 3 N–H and O–H groups in total. The van der Waals surface area contributed by atoms with Crippen molar-refractivity contribution in [3.63, 3.8) is 0 Å². The van der Waals surface area contributed by atoms with Gasteiger partial charge in [0, 0.05) is 12.8 Å². The minimum absolute atomic E-state index is 0.00791. The van der Waals surface area contributed by atoms with E-state index in [0.717, 1.165) is 70.6 Å². The van der Waals surface area contributed by atoms with Crippen molar-refractivity contribution in [1.29, 1.82) is 0 Å². The number of nitrogens with one attached hydrogen (secondary N) is 1. The molecule has 6 heteroatoms. The van der Waals surface area contributed by atoms with Crippen LogP contribution in [0.25, 0.3) is 0 Å². The van der Waals surface area contributed by atoms with E-state index in [4.69, 9.17) is 4.74 Å². The summed E-state index contributed by atoms with van der Waals surface area (Å²) in [5.41, 5.74) is 0. The van der Waals surface area contributed by atoms with Gasteiger partial charge in [-0.2, -0.15) is 0 Å². The second-order valence-electron chi connectivity index (χ2n) is 17.5. The van der Waals surface area contributed by atoms with Crippen molar-refractivity contribution < 1.29 is 24.5 Å². The van der Waals surface area contributed by atoms with Crippen molar-refractivity contribution in [2.75, 3.05) is 13.2 Å². The van der Waals surface area contributed by atoms with Gasteiger partial charge in [0.2, 0.25) is 5.91 Å². The van der Waals surface area contributed by atoms with Gasteiger partial charge in [-0.3, -0.25) is 9.59 Å². The highest BCUT2D eigenvalue weighted by Gasteiger charge is 2.20. The monoisotopic (exact) mass is 806 g/mol. The zero-order valence-electron chi connectivity index (χ0n) is 38.3. The molecule has 0 aliphatic carbocycles. The van der Waals surface area contributed by atoms with Crippen molar-refractivity contribution in [3.05, 3.63) is 12.2 Å². The van der Waals surface area contributed by atoms with Crippen LogP contribution in [0.15, 0.2) is 12.2 Å². The molecule has 0 aromatic rings. The van der Waals surface area contributed by atoms with Gasteiger partial charge in [0.05, 0.1) is 25.4 Å². The highest BCUT2D eigenvalue weighted by molar-refractivity contribution is 5.76. The molecule has 0 spiro atoms. The quantitative estimate of drug-likeness (QED) is 0.0323. The predicted molar refractivity (Wildman–Crippen MR) is 246 cm³/mol. The van der Waals surface area contributed by atoms with Crippen molar-refractivity contribution in [2.45, 2.75) is 289 Å². The first-order chi connectivity index (χ1) is 28.0. The molecular formula is C51H99NO5. The third kappa shape index (κ3) is 44.0. The lowest BCUT2D eigenvalue weighted by Crippen LogP contribution is -2.45. The number of esters is 1. The Morgan fingerprint density at radius 2 is 0.825 bits per heavy atom. The van der Waals surface area contributed by atoms with Gasteiger partial charge in [0.15, 0.2) is 0 Å². The van der Waals surface area contributed by atoms with Crippen LogP contribution in [0.4, 0.5) is 0 Å². The summed E-state index contributed by atoms with van der Waals surface area (Å²) in [6.45, 7) is 4.91. The van der Waals surface area contributed by atoms with Gasteiger partial charge < -0.3 is 20.3 Å². The molecule has 2 unspecified atom stereocenters. The number of aliphatic hydroxyl groups excluding tert-OH is 2. The largest absolute Gasteiger partial charge is 0.466 e. The number of carbonyl (C=O) groups excluding carboxylic acids is 2. The van der Waals surface area contributed by atoms with Crippen LogP contribution < -0.4 is 5.32 Å². The van der Waals surface area contributed by atoms with Crippen LogP contribution in [0.2, 0.25) is 0 Å². The van der Waals surface area contributed by atoms with Crippen molar-refractivity contribution >= 4 is 11.9 Å². The number of hydrogen-bond acceptors (Lipinski definition) is 5. The second kappa shape index (κ2) is 47.3. The zero-order chi connectivity index (χ0) is 41.5. The lowest BCUT2D eigenvalue weighted by atomic mass is 10.0. The Hall–Kier alpha value is -1.40. The molecule has 0 rings (SSSR count). The summed E-state index contributed by atoms with van der Waals surface area (Å²) < 4.78 is 5.45. The molecule has 0 aromatic heterocycles. The Morgan fingerprint density at radius 1 is 0.474 bits per heavy atom. The number of allylic oxidation sites excluding steroid dienone is 2. The molecule has 0 bridgehead atoms. The standard InChI is InChI=1S/C51H99NO5/c1-3-5-7-9-11-13-15-16-21-25-29-33-37-41-45-51(56)57-46-42-38-34-30-26-22-19-17-18-20-24-28-32-36-40-44-50(55)52-48(47-53)49(54)43-39-35-31-27-23-14-12-10-8-6-4-2/h19,22,48-49,53-54H,3-18,20-21,23-47H2,1-2H3,(H,52,55)/b22-19-. The number of carbonyl (C=O) groups is 2. The van der Waals surface area contributed by atoms with E-state index in [1.807, 2.05) is 0 Å². The van der Waals surface area contributed by atoms with Crippen LogP contribution in [0.3, 0.4) is 0 Å². The summed E-state index contributed by atoms with van der Waals surface area (Å²) in [4.78, 5) is 24.4. The summed E-state index contributed by atoms with van der Waals surface area (Å²) in [5, 5.41) is 23.1. The molecule has 0 aliphatic heterocycles. The minimum atomic E-state index is -0.671. The topological polar surface area (TPSA) is 95.9 Å². The molecule has 0 aromatic carbocycles. The molecule has 0 radical (unpaired) electrons. The number of ether oxygens (including phenoxy) is 1. The van der Waals surface area contributed by atoms with E-state index in [9.17, 15) is 19.8 Å². The summed E-state index contributed by atoms with van der Waals surface area (Å²) in [6, 6.07) is -0.550. The highest BCUT2D eigenvalue weighted by atomic mass is 16.5. The van der Waals surface area contributed by atoms with Crippen molar-refractivity contribution in [1.82, 2.24) is 5.32 Å². The minimum Gasteiger partial charge on any atom is -0.466 e. The van der Waals surface area contributed by atoms with Gasteiger partial charge >= 0.3 is 5.97 Å². The van der Waals surface area contributed by atoms with E-state index < -0.39 is 12.1 Å². The number of aliphatic hydroxyl groups is 2. The lowest BCUT2D eigenvalue weighted by molar-refractivity contribution is -0.143. The Morgan fingerprint density at radius 3 is 1.25 bits per heavy atom. The van der Waals surface area contributed by atoms with Gasteiger partial charge in [-0.05, 0) is 51.4 Å². The number of rotatable bonds is 47. The zero-order valence-corrected chi connectivity index (χ0v) is 38.3. The number of unbranched alkanes of at least 4 members (excludes halogenated alkanes) is 34. The average molecular weight is 806 g/mol. The molecule has 0 heterocycles. The van der Waals surface area contributed by atoms with E-state index in [2.05, 4.69) is 31.3 Å². The molecule has 0 saturated heterocycles. The van der Waals surface area contributed by atoms with Crippen molar-refractivity contribution in [3.8, 4) is 0 Å². The maximum atomic E-state index is 12.4. The Bertz CT molecular complexity index is 847. The van der Waals surface area contributed by atoms with Crippen LogP contribution in [-0.2, 0) is 14.3 Å². The summed E-state index contributed by atoms with van der Waals surface area (Å²) >= 11 is 0. The van der Waals surface area contributed by atoms with E-state index in [-0.39, 0.29) is 18.5 Å². The van der Waals surface area contributed by atoms with E-state index in [1.165, 1.54) is 173 Å². The molecule has 0 aliphatic rings. The van der Waals surface area contributed by atoms with Crippen LogP contribution in [0.5, 0.6) is 0 Å². The molecule has 338 valence electrons. The predicted octanol–water partition coefficient (Wildman–Crippen LogP) is 15.0.